The van der Waals surface area contributed by atoms with Crippen molar-refractivity contribution in [1.82, 2.24) is 14.9 Å². The van der Waals surface area contributed by atoms with Gasteiger partial charge in [-0.2, -0.15) is 0 Å². The predicted octanol–water partition coefficient (Wildman–Crippen LogP) is 2.32. The number of methoxy groups -OCH3 is 1. The molecule has 0 saturated carbocycles. The van der Waals surface area contributed by atoms with Crippen LogP contribution in [-0.4, -0.2) is 35.5 Å². The van der Waals surface area contributed by atoms with E-state index < -0.39 is 0 Å². The second kappa shape index (κ2) is 7.42. The molecule has 0 radical (unpaired) electrons. The van der Waals surface area contributed by atoms with Gasteiger partial charge in [-0.05, 0) is 50.0 Å². The summed E-state index contributed by atoms with van der Waals surface area (Å²) in [5.74, 6) is 1.75. The van der Waals surface area contributed by atoms with E-state index in [2.05, 4.69) is 16.4 Å². The number of nitrogens with zero attached hydrogens (tertiary/aromatic N) is 2. The lowest BCUT2D eigenvalue weighted by atomic mass is 9.93. The SMILES string of the molecule is COc1cccc(CCn2ccnc2C(=O)C2CCNCC2)c1. The zero-order chi connectivity index (χ0) is 16.1. The van der Waals surface area contributed by atoms with Crippen molar-refractivity contribution in [3.8, 4) is 5.75 Å². The van der Waals surface area contributed by atoms with Crippen LogP contribution in [0.3, 0.4) is 0 Å². The zero-order valence-corrected chi connectivity index (χ0v) is 13.5. The van der Waals surface area contributed by atoms with Gasteiger partial charge in [0.15, 0.2) is 5.82 Å². The van der Waals surface area contributed by atoms with E-state index in [1.165, 1.54) is 5.56 Å². The highest BCUT2D eigenvalue weighted by atomic mass is 16.5. The van der Waals surface area contributed by atoms with Gasteiger partial charge in [0.05, 0.1) is 7.11 Å². The first-order chi connectivity index (χ1) is 11.3. The van der Waals surface area contributed by atoms with Crippen LogP contribution < -0.4 is 10.1 Å². The molecule has 0 bridgehead atoms. The average molecular weight is 313 g/mol. The van der Waals surface area contributed by atoms with Gasteiger partial charge in [-0.15, -0.1) is 0 Å². The summed E-state index contributed by atoms with van der Waals surface area (Å²) in [6, 6.07) is 8.04. The van der Waals surface area contributed by atoms with Crippen LogP contribution in [-0.2, 0) is 13.0 Å². The maximum absolute atomic E-state index is 12.7. The minimum Gasteiger partial charge on any atom is -0.497 e. The van der Waals surface area contributed by atoms with Crippen LogP contribution >= 0.6 is 0 Å². The molecule has 1 aliphatic rings. The molecule has 5 heteroatoms. The van der Waals surface area contributed by atoms with E-state index in [0.29, 0.717) is 5.82 Å². The fraction of sp³-hybridized carbons (Fsp3) is 0.444. The molecule has 2 aromatic rings. The van der Waals surface area contributed by atoms with Crippen molar-refractivity contribution in [1.29, 1.82) is 0 Å². The Balaban J connectivity index is 1.67. The Labute approximate surface area is 136 Å². The molecule has 1 N–H and O–H groups in total. The van der Waals surface area contributed by atoms with Crippen molar-refractivity contribution >= 4 is 5.78 Å². The van der Waals surface area contributed by atoms with E-state index in [1.54, 1.807) is 13.3 Å². The van der Waals surface area contributed by atoms with E-state index >= 15 is 0 Å². The third kappa shape index (κ3) is 3.79. The van der Waals surface area contributed by atoms with Crippen LogP contribution in [0.2, 0.25) is 0 Å². The van der Waals surface area contributed by atoms with Gasteiger partial charge >= 0.3 is 0 Å². The molecule has 3 rings (SSSR count). The highest BCUT2D eigenvalue weighted by Crippen LogP contribution is 2.18. The molecule has 0 atom stereocenters. The number of carbonyl (C=O) groups excluding carboxylic acids is 1. The number of carbonyl (C=O) groups is 1. The van der Waals surface area contributed by atoms with E-state index in [4.69, 9.17) is 4.74 Å². The number of ether oxygens (including phenoxy) is 1. The molecular weight excluding hydrogens is 290 g/mol. The third-order valence-electron chi connectivity index (χ3n) is 4.42. The maximum atomic E-state index is 12.7. The van der Waals surface area contributed by atoms with Crippen molar-refractivity contribution in [3.63, 3.8) is 0 Å². The monoisotopic (exact) mass is 313 g/mol. The molecule has 0 amide bonds. The molecule has 1 aromatic carbocycles. The topological polar surface area (TPSA) is 56.2 Å². The highest BCUT2D eigenvalue weighted by molar-refractivity contribution is 5.94. The van der Waals surface area contributed by atoms with Crippen LogP contribution in [0.15, 0.2) is 36.7 Å². The highest BCUT2D eigenvalue weighted by Gasteiger charge is 2.25. The average Bonchev–Trinajstić information content (AvgIpc) is 3.09. The Bertz CT molecular complexity index is 660. The Morgan fingerprint density at radius 1 is 1.39 bits per heavy atom. The summed E-state index contributed by atoms with van der Waals surface area (Å²) in [5, 5.41) is 3.30. The number of ketones is 1. The summed E-state index contributed by atoms with van der Waals surface area (Å²) in [4.78, 5) is 17.0. The number of rotatable bonds is 6. The minimum atomic E-state index is 0.106. The minimum absolute atomic E-state index is 0.106. The lowest BCUT2D eigenvalue weighted by molar-refractivity contribution is 0.0879. The van der Waals surface area contributed by atoms with Gasteiger partial charge in [-0.1, -0.05) is 12.1 Å². The molecule has 1 aromatic heterocycles. The number of hydrogen-bond acceptors (Lipinski definition) is 4. The maximum Gasteiger partial charge on any atom is 0.201 e. The smallest absolute Gasteiger partial charge is 0.201 e. The summed E-state index contributed by atoms with van der Waals surface area (Å²) in [6.45, 7) is 2.58. The Morgan fingerprint density at radius 3 is 3.00 bits per heavy atom. The normalized spacial score (nSPS) is 15.5. The molecule has 1 saturated heterocycles. The second-order valence-corrected chi connectivity index (χ2v) is 5.93. The number of imidazole rings is 1. The van der Waals surface area contributed by atoms with Gasteiger partial charge in [-0.3, -0.25) is 4.79 Å². The van der Waals surface area contributed by atoms with E-state index in [9.17, 15) is 4.79 Å². The third-order valence-corrected chi connectivity index (χ3v) is 4.42. The summed E-state index contributed by atoms with van der Waals surface area (Å²) in [5.41, 5.74) is 1.19. The number of aromatic nitrogens is 2. The summed E-state index contributed by atoms with van der Waals surface area (Å²) in [6.07, 6.45) is 6.28. The summed E-state index contributed by atoms with van der Waals surface area (Å²) >= 11 is 0. The van der Waals surface area contributed by atoms with Crippen LogP contribution in [0, 0.1) is 5.92 Å². The zero-order valence-electron chi connectivity index (χ0n) is 13.5. The van der Waals surface area contributed by atoms with Crippen molar-refractivity contribution in [3.05, 3.63) is 48.0 Å². The second-order valence-electron chi connectivity index (χ2n) is 5.93. The fourth-order valence-corrected chi connectivity index (χ4v) is 3.06. The number of Topliss-reactive ketones (excluding diaryl/α,β-unsaturated/α-hetero) is 1. The van der Waals surface area contributed by atoms with Crippen molar-refractivity contribution < 1.29 is 9.53 Å². The predicted molar refractivity (Wildman–Crippen MR) is 88.8 cm³/mol. The number of nitrogens with one attached hydrogen (secondary N) is 1. The van der Waals surface area contributed by atoms with Gasteiger partial charge in [0.2, 0.25) is 5.78 Å². The molecule has 5 nitrogen and oxygen atoms in total. The fourth-order valence-electron chi connectivity index (χ4n) is 3.06. The molecule has 2 heterocycles. The number of benzene rings is 1. The van der Waals surface area contributed by atoms with E-state index in [1.807, 2.05) is 29.0 Å². The van der Waals surface area contributed by atoms with Gasteiger partial charge in [0.25, 0.3) is 0 Å². The van der Waals surface area contributed by atoms with Gasteiger partial charge in [-0.25, -0.2) is 4.98 Å². The van der Waals surface area contributed by atoms with Crippen LogP contribution in [0.4, 0.5) is 0 Å². The van der Waals surface area contributed by atoms with Crippen molar-refractivity contribution in [2.24, 2.45) is 5.92 Å². The van der Waals surface area contributed by atoms with Gasteiger partial charge in [0, 0.05) is 24.9 Å². The van der Waals surface area contributed by atoms with Crippen LogP contribution in [0.5, 0.6) is 5.75 Å². The molecule has 0 spiro atoms. The number of hydrogen-bond donors (Lipinski definition) is 1. The molecule has 0 unspecified atom stereocenters. The Kier molecular flexibility index (Phi) is 5.08. The first-order valence-electron chi connectivity index (χ1n) is 8.17. The van der Waals surface area contributed by atoms with Crippen LogP contribution in [0.1, 0.15) is 29.0 Å². The molecule has 122 valence electrons. The molecular formula is C18H23N3O2. The lowest BCUT2D eigenvalue weighted by Gasteiger charge is -2.21. The standard InChI is InChI=1S/C18H23N3O2/c1-23-16-4-2-3-14(13-16)7-11-21-12-10-20-18(21)17(22)15-5-8-19-9-6-15/h2-4,10,12-13,15,19H,5-9,11H2,1H3. The molecule has 1 fully saturated rings. The largest absolute Gasteiger partial charge is 0.497 e. The number of aryl methyl sites for hydroxylation is 2. The summed E-state index contributed by atoms with van der Waals surface area (Å²) in [7, 11) is 1.67. The first-order valence-corrected chi connectivity index (χ1v) is 8.17. The Hall–Kier alpha value is -2.14. The lowest BCUT2D eigenvalue weighted by Crippen LogP contribution is -2.33. The van der Waals surface area contributed by atoms with Gasteiger partial charge < -0.3 is 14.6 Å². The van der Waals surface area contributed by atoms with Crippen molar-refractivity contribution in [2.45, 2.75) is 25.8 Å². The van der Waals surface area contributed by atoms with E-state index in [-0.39, 0.29) is 11.7 Å². The quantitative estimate of drug-likeness (QED) is 0.832. The van der Waals surface area contributed by atoms with Crippen molar-refractivity contribution in [2.75, 3.05) is 20.2 Å². The Morgan fingerprint density at radius 2 is 2.22 bits per heavy atom. The molecule has 23 heavy (non-hydrogen) atoms. The number of piperidine rings is 1. The molecule has 1 aliphatic heterocycles. The van der Waals surface area contributed by atoms with Crippen LogP contribution in [0.25, 0.3) is 0 Å². The van der Waals surface area contributed by atoms with Gasteiger partial charge in [0.1, 0.15) is 5.75 Å². The van der Waals surface area contributed by atoms with E-state index in [0.717, 1.165) is 44.6 Å². The molecule has 0 aliphatic carbocycles. The summed E-state index contributed by atoms with van der Waals surface area (Å²) < 4.78 is 7.23. The first kappa shape index (κ1) is 15.7.